The van der Waals surface area contributed by atoms with E-state index < -0.39 is 0 Å². The Hall–Kier alpha value is -2.21. The summed E-state index contributed by atoms with van der Waals surface area (Å²) in [7, 11) is 1.83. The second-order valence-corrected chi connectivity index (χ2v) is 7.08. The molecule has 5 nitrogen and oxygen atoms in total. The van der Waals surface area contributed by atoms with Crippen molar-refractivity contribution in [2.45, 2.75) is 18.8 Å². The lowest BCUT2D eigenvalue weighted by Crippen LogP contribution is -2.39. The van der Waals surface area contributed by atoms with Gasteiger partial charge in [0.1, 0.15) is 0 Å². The topological polar surface area (TPSA) is 51.0 Å². The smallest absolute Gasteiger partial charge is 0.257 e. The van der Waals surface area contributed by atoms with Crippen LogP contribution in [0.5, 0.6) is 0 Å². The van der Waals surface area contributed by atoms with E-state index in [9.17, 15) is 4.79 Å². The average Bonchev–Trinajstić information content (AvgIpc) is 3.20. The molecule has 1 amide bonds. The lowest BCUT2D eigenvalue weighted by molar-refractivity contribution is 0.0707. The molecule has 0 aliphatic carbocycles. The van der Waals surface area contributed by atoms with Crippen LogP contribution >= 0.6 is 11.3 Å². The van der Waals surface area contributed by atoms with Gasteiger partial charge in [-0.3, -0.25) is 9.48 Å². The van der Waals surface area contributed by atoms with Crippen molar-refractivity contribution in [1.29, 1.82) is 0 Å². The number of hydrogen-bond acceptors (Lipinski definition) is 4. The van der Waals surface area contributed by atoms with Gasteiger partial charge in [-0.25, -0.2) is 4.98 Å². The summed E-state index contributed by atoms with van der Waals surface area (Å²) >= 11 is 1.75. The molecule has 0 saturated carbocycles. The Balaban J connectivity index is 1.55. The van der Waals surface area contributed by atoms with Crippen LogP contribution in [0, 0.1) is 0 Å². The third-order valence-electron chi connectivity index (χ3n) is 4.32. The lowest BCUT2D eigenvalue weighted by Gasteiger charge is -2.31. The Morgan fingerprint density at radius 1 is 1.35 bits per heavy atom. The van der Waals surface area contributed by atoms with Crippen molar-refractivity contribution in [2.75, 3.05) is 13.1 Å². The molecule has 0 unspecified atom stereocenters. The van der Waals surface area contributed by atoms with Gasteiger partial charge in [0.05, 0.1) is 27.0 Å². The van der Waals surface area contributed by atoms with E-state index in [1.807, 2.05) is 24.1 Å². The Bertz CT molecular complexity index is 820. The molecule has 4 rings (SSSR count). The van der Waals surface area contributed by atoms with Crippen molar-refractivity contribution in [2.24, 2.45) is 7.05 Å². The second-order valence-electron chi connectivity index (χ2n) is 6.01. The predicted octanol–water partition coefficient (Wildman–Crippen LogP) is 3.05. The molecule has 3 heterocycles. The van der Waals surface area contributed by atoms with Crippen molar-refractivity contribution in [3.05, 3.63) is 47.2 Å². The molecule has 0 spiro atoms. The lowest BCUT2D eigenvalue weighted by atomic mass is 9.98. The molecule has 1 saturated heterocycles. The van der Waals surface area contributed by atoms with Crippen LogP contribution in [-0.4, -0.2) is 38.7 Å². The summed E-state index contributed by atoms with van der Waals surface area (Å²) in [5.41, 5.74) is 1.72. The summed E-state index contributed by atoms with van der Waals surface area (Å²) in [5, 5.41) is 5.25. The van der Waals surface area contributed by atoms with Gasteiger partial charge in [-0.05, 0) is 25.0 Å². The van der Waals surface area contributed by atoms with E-state index in [0.29, 0.717) is 11.5 Å². The maximum Gasteiger partial charge on any atom is 0.257 e. The van der Waals surface area contributed by atoms with Crippen LogP contribution in [0.4, 0.5) is 0 Å². The molecule has 0 bridgehead atoms. The Morgan fingerprint density at radius 2 is 2.22 bits per heavy atom. The molecule has 1 aliphatic heterocycles. The van der Waals surface area contributed by atoms with Gasteiger partial charge in [0, 0.05) is 32.3 Å². The summed E-state index contributed by atoms with van der Waals surface area (Å²) < 4.78 is 2.89. The quantitative estimate of drug-likeness (QED) is 0.727. The number of nitrogens with zero attached hydrogens (tertiary/aromatic N) is 4. The molecule has 6 heteroatoms. The first-order chi connectivity index (χ1) is 11.2. The van der Waals surface area contributed by atoms with E-state index in [0.717, 1.165) is 36.5 Å². The van der Waals surface area contributed by atoms with Crippen LogP contribution in [-0.2, 0) is 7.05 Å². The number of para-hydroxylation sites is 1. The molecule has 1 fully saturated rings. The summed E-state index contributed by atoms with van der Waals surface area (Å²) in [4.78, 5) is 19.3. The zero-order valence-corrected chi connectivity index (χ0v) is 13.8. The summed E-state index contributed by atoms with van der Waals surface area (Å²) in [6, 6.07) is 8.23. The highest BCUT2D eigenvalue weighted by Gasteiger charge is 2.27. The maximum atomic E-state index is 12.6. The predicted molar refractivity (Wildman–Crippen MR) is 90.7 cm³/mol. The molecule has 2 aromatic heterocycles. The van der Waals surface area contributed by atoms with Gasteiger partial charge in [0.15, 0.2) is 0 Å². The number of hydrogen-bond donors (Lipinski definition) is 0. The highest BCUT2D eigenvalue weighted by molar-refractivity contribution is 7.18. The number of carbonyl (C=O) groups excluding carboxylic acids is 1. The Labute approximate surface area is 138 Å². The number of carbonyl (C=O) groups is 1. The number of benzene rings is 1. The van der Waals surface area contributed by atoms with Crippen LogP contribution in [0.25, 0.3) is 10.2 Å². The first kappa shape index (κ1) is 14.4. The van der Waals surface area contributed by atoms with E-state index >= 15 is 0 Å². The van der Waals surface area contributed by atoms with Crippen molar-refractivity contribution < 1.29 is 4.79 Å². The number of fused-ring (bicyclic) bond motifs is 1. The van der Waals surface area contributed by atoms with E-state index in [1.54, 1.807) is 28.4 Å². The molecular formula is C17H18N4OS. The maximum absolute atomic E-state index is 12.6. The summed E-state index contributed by atoms with van der Waals surface area (Å²) in [6.07, 6.45) is 5.54. The monoisotopic (exact) mass is 326 g/mol. The highest BCUT2D eigenvalue weighted by atomic mass is 32.1. The minimum atomic E-state index is 0.0731. The van der Waals surface area contributed by atoms with Crippen molar-refractivity contribution in [1.82, 2.24) is 19.7 Å². The van der Waals surface area contributed by atoms with Gasteiger partial charge in [0.2, 0.25) is 0 Å². The Morgan fingerprint density at radius 3 is 3.00 bits per heavy atom. The highest BCUT2D eigenvalue weighted by Crippen LogP contribution is 2.33. The molecule has 1 aliphatic rings. The van der Waals surface area contributed by atoms with Gasteiger partial charge in [0.25, 0.3) is 5.91 Å². The second kappa shape index (κ2) is 5.77. The van der Waals surface area contributed by atoms with Crippen molar-refractivity contribution in [3.63, 3.8) is 0 Å². The number of rotatable bonds is 2. The largest absolute Gasteiger partial charge is 0.338 e. The molecule has 0 radical (unpaired) electrons. The van der Waals surface area contributed by atoms with Crippen molar-refractivity contribution >= 4 is 27.5 Å². The summed E-state index contributed by atoms with van der Waals surface area (Å²) in [5.74, 6) is 0.408. The average molecular weight is 326 g/mol. The normalized spacial score (nSPS) is 18.5. The standard InChI is InChI=1S/C17H18N4OS/c1-20-10-13(9-18-20)17(22)21-8-4-5-12(11-21)16-19-14-6-2-3-7-15(14)23-16/h2-3,6-7,9-10,12H,4-5,8,11H2,1H3/t12-/m1/s1. The molecule has 3 aromatic rings. The number of thiazole rings is 1. The zero-order chi connectivity index (χ0) is 15.8. The number of likely N-dealkylation sites (tertiary alicyclic amines) is 1. The van der Waals surface area contributed by atoms with E-state index in [1.165, 1.54) is 4.70 Å². The number of aryl methyl sites for hydroxylation is 1. The van der Waals surface area contributed by atoms with Crippen LogP contribution in [0.15, 0.2) is 36.7 Å². The minimum absolute atomic E-state index is 0.0731. The minimum Gasteiger partial charge on any atom is -0.338 e. The van der Waals surface area contributed by atoms with Gasteiger partial charge in [-0.15, -0.1) is 11.3 Å². The zero-order valence-electron chi connectivity index (χ0n) is 13.0. The summed E-state index contributed by atoms with van der Waals surface area (Å²) in [6.45, 7) is 1.56. The van der Waals surface area contributed by atoms with Gasteiger partial charge in [-0.1, -0.05) is 12.1 Å². The van der Waals surface area contributed by atoms with Crippen LogP contribution < -0.4 is 0 Å². The van der Waals surface area contributed by atoms with Gasteiger partial charge >= 0.3 is 0 Å². The van der Waals surface area contributed by atoms with E-state index in [2.05, 4.69) is 17.2 Å². The third kappa shape index (κ3) is 2.74. The molecule has 1 aromatic carbocycles. The van der Waals surface area contributed by atoms with E-state index in [4.69, 9.17) is 4.98 Å². The van der Waals surface area contributed by atoms with Crippen molar-refractivity contribution in [3.8, 4) is 0 Å². The molecular weight excluding hydrogens is 308 g/mol. The SMILES string of the molecule is Cn1cc(C(=O)N2CCC[C@@H](c3nc4ccccc4s3)C2)cn1. The van der Waals surface area contributed by atoms with Crippen LogP contribution in [0.2, 0.25) is 0 Å². The molecule has 0 N–H and O–H groups in total. The Kier molecular flexibility index (Phi) is 3.61. The fraction of sp³-hybridized carbons (Fsp3) is 0.353. The van der Waals surface area contributed by atoms with Gasteiger partial charge < -0.3 is 4.90 Å². The fourth-order valence-corrected chi connectivity index (χ4v) is 4.24. The first-order valence-corrected chi connectivity index (χ1v) is 8.66. The van der Waals surface area contributed by atoms with E-state index in [-0.39, 0.29) is 5.91 Å². The molecule has 1 atom stereocenters. The molecule has 118 valence electrons. The number of piperidine rings is 1. The van der Waals surface area contributed by atoms with Gasteiger partial charge in [-0.2, -0.15) is 5.10 Å². The fourth-order valence-electron chi connectivity index (χ4n) is 3.14. The number of amides is 1. The number of aromatic nitrogens is 3. The molecule has 23 heavy (non-hydrogen) atoms. The van der Waals surface area contributed by atoms with Crippen LogP contribution in [0.3, 0.4) is 0 Å². The van der Waals surface area contributed by atoms with Crippen LogP contribution in [0.1, 0.15) is 34.1 Å². The first-order valence-electron chi connectivity index (χ1n) is 7.84. The third-order valence-corrected chi connectivity index (χ3v) is 5.52.